The van der Waals surface area contributed by atoms with Crippen LogP contribution in [0.5, 0.6) is 11.5 Å². The highest BCUT2D eigenvalue weighted by atomic mass is 32.1. The number of ketones is 1. The summed E-state index contributed by atoms with van der Waals surface area (Å²) in [5, 5.41) is 21.4. The second-order valence-electron chi connectivity index (χ2n) is 7.10. The number of thiazole rings is 1. The quantitative estimate of drug-likeness (QED) is 0.363. The fourth-order valence-electron chi connectivity index (χ4n) is 3.52. The van der Waals surface area contributed by atoms with Crippen molar-refractivity contribution < 1.29 is 24.5 Å². The van der Waals surface area contributed by atoms with Crippen molar-refractivity contribution in [3.05, 3.63) is 75.8 Å². The lowest BCUT2D eigenvalue weighted by Crippen LogP contribution is -2.29. The molecule has 0 spiro atoms. The summed E-state index contributed by atoms with van der Waals surface area (Å²) in [6.45, 7) is 3.71. The van der Waals surface area contributed by atoms with E-state index in [4.69, 9.17) is 4.74 Å². The van der Waals surface area contributed by atoms with Gasteiger partial charge in [-0.25, -0.2) is 4.98 Å². The maximum atomic E-state index is 13.1. The average Bonchev–Trinajstić information content (AvgIpc) is 3.24. The standard InChI is InChI=1S/C23H20N2O5S/c1-12-13(2)31-23(24-12)25-19(15-9-10-16(26)17(11-15)30-3)18(21(28)22(25)29)20(27)14-7-5-4-6-8-14/h4-11,19,26-27H,1-3H3/b20-18+. The number of aryl methyl sites for hydroxylation is 2. The molecular weight excluding hydrogens is 416 g/mol. The molecule has 1 aliphatic rings. The zero-order chi connectivity index (χ0) is 22.3. The van der Waals surface area contributed by atoms with E-state index in [1.165, 1.54) is 29.4 Å². The molecule has 1 amide bonds. The topological polar surface area (TPSA) is 100.0 Å². The summed E-state index contributed by atoms with van der Waals surface area (Å²) in [7, 11) is 1.41. The van der Waals surface area contributed by atoms with Gasteiger partial charge in [0, 0.05) is 10.4 Å². The summed E-state index contributed by atoms with van der Waals surface area (Å²) in [6.07, 6.45) is 0. The van der Waals surface area contributed by atoms with Crippen LogP contribution in [0, 0.1) is 13.8 Å². The fraction of sp³-hybridized carbons (Fsp3) is 0.174. The van der Waals surface area contributed by atoms with E-state index in [9.17, 15) is 19.8 Å². The summed E-state index contributed by atoms with van der Waals surface area (Å²) in [5.74, 6) is -1.74. The molecule has 1 unspecified atom stereocenters. The highest BCUT2D eigenvalue weighted by Crippen LogP contribution is 2.45. The maximum Gasteiger partial charge on any atom is 0.301 e. The number of anilines is 1. The largest absolute Gasteiger partial charge is 0.507 e. The van der Waals surface area contributed by atoms with E-state index >= 15 is 0 Å². The van der Waals surface area contributed by atoms with Crippen LogP contribution < -0.4 is 9.64 Å². The first-order chi connectivity index (χ1) is 14.8. The lowest BCUT2D eigenvalue weighted by Gasteiger charge is -2.23. The zero-order valence-corrected chi connectivity index (χ0v) is 17.9. The van der Waals surface area contributed by atoms with Crippen molar-refractivity contribution in [2.24, 2.45) is 0 Å². The molecule has 1 aliphatic heterocycles. The lowest BCUT2D eigenvalue weighted by molar-refractivity contribution is -0.132. The normalized spacial score (nSPS) is 17.9. The molecule has 4 rings (SSSR count). The Morgan fingerprint density at radius 2 is 1.84 bits per heavy atom. The van der Waals surface area contributed by atoms with E-state index in [0.29, 0.717) is 16.3 Å². The predicted octanol–water partition coefficient (Wildman–Crippen LogP) is 4.10. The van der Waals surface area contributed by atoms with Gasteiger partial charge < -0.3 is 14.9 Å². The molecule has 2 N–H and O–H groups in total. The Morgan fingerprint density at radius 1 is 1.13 bits per heavy atom. The number of phenols is 1. The number of hydrogen-bond acceptors (Lipinski definition) is 7. The van der Waals surface area contributed by atoms with Gasteiger partial charge in [-0.2, -0.15) is 0 Å². The molecular formula is C23H20N2O5S. The summed E-state index contributed by atoms with van der Waals surface area (Å²) >= 11 is 1.30. The van der Waals surface area contributed by atoms with Gasteiger partial charge in [0.2, 0.25) is 0 Å². The maximum absolute atomic E-state index is 13.1. The number of aliphatic hydroxyl groups is 1. The average molecular weight is 436 g/mol. The Kier molecular flexibility index (Phi) is 5.24. The van der Waals surface area contributed by atoms with Gasteiger partial charge in [0.25, 0.3) is 5.78 Å². The third-order valence-electron chi connectivity index (χ3n) is 5.23. The highest BCUT2D eigenvalue weighted by Gasteiger charge is 2.48. The number of carbonyl (C=O) groups is 2. The number of carbonyl (C=O) groups excluding carboxylic acids is 2. The fourth-order valence-corrected chi connectivity index (χ4v) is 4.46. The monoisotopic (exact) mass is 436 g/mol. The highest BCUT2D eigenvalue weighted by molar-refractivity contribution is 7.16. The number of aliphatic hydroxyl groups excluding tert-OH is 1. The van der Waals surface area contributed by atoms with Gasteiger partial charge in [0.1, 0.15) is 5.76 Å². The molecule has 1 saturated heterocycles. The molecule has 2 heterocycles. The molecule has 8 heteroatoms. The van der Waals surface area contributed by atoms with Crippen molar-refractivity contribution in [1.82, 2.24) is 4.98 Å². The molecule has 1 fully saturated rings. The van der Waals surface area contributed by atoms with Crippen LogP contribution in [0.25, 0.3) is 5.76 Å². The number of methoxy groups -OCH3 is 1. The van der Waals surface area contributed by atoms with E-state index in [1.54, 1.807) is 42.5 Å². The van der Waals surface area contributed by atoms with Gasteiger partial charge >= 0.3 is 5.91 Å². The van der Waals surface area contributed by atoms with Crippen molar-refractivity contribution >= 4 is 33.9 Å². The summed E-state index contributed by atoms with van der Waals surface area (Å²) in [4.78, 5) is 32.9. The SMILES string of the molecule is COc1cc(C2/C(=C(\O)c3ccccc3)C(=O)C(=O)N2c2nc(C)c(C)s2)ccc1O. The van der Waals surface area contributed by atoms with Gasteiger partial charge in [-0.3, -0.25) is 14.5 Å². The Bertz CT molecular complexity index is 1200. The van der Waals surface area contributed by atoms with E-state index in [1.807, 2.05) is 13.8 Å². The molecule has 158 valence electrons. The van der Waals surface area contributed by atoms with Crippen LogP contribution in [0.4, 0.5) is 5.13 Å². The number of amides is 1. The first-order valence-electron chi connectivity index (χ1n) is 9.50. The summed E-state index contributed by atoms with van der Waals surface area (Å²) < 4.78 is 5.21. The molecule has 0 saturated carbocycles. The number of nitrogens with zero attached hydrogens (tertiary/aromatic N) is 2. The Hall–Kier alpha value is -3.65. The zero-order valence-electron chi connectivity index (χ0n) is 17.1. The number of Topliss-reactive ketones (excluding diaryl/α,β-unsaturated/α-hetero) is 1. The number of rotatable bonds is 4. The molecule has 1 atom stereocenters. The Morgan fingerprint density at radius 3 is 2.45 bits per heavy atom. The first-order valence-corrected chi connectivity index (χ1v) is 10.3. The minimum atomic E-state index is -0.931. The third kappa shape index (κ3) is 3.44. The van der Waals surface area contributed by atoms with Crippen LogP contribution >= 0.6 is 11.3 Å². The van der Waals surface area contributed by atoms with Crippen LogP contribution in [0.2, 0.25) is 0 Å². The molecule has 0 aliphatic carbocycles. The Labute approximate surface area is 182 Å². The molecule has 31 heavy (non-hydrogen) atoms. The third-order valence-corrected chi connectivity index (χ3v) is 6.31. The molecule has 0 radical (unpaired) electrons. The van der Waals surface area contributed by atoms with Crippen molar-refractivity contribution in [2.45, 2.75) is 19.9 Å². The molecule has 2 aromatic carbocycles. The lowest BCUT2D eigenvalue weighted by atomic mass is 9.95. The predicted molar refractivity (Wildman–Crippen MR) is 117 cm³/mol. The minimum Gasteiger partial charge on any atom is -0.507 e. The number of phenolic OH excluding ortho intramolecular Hbond substituents is 1. The van der Waals surface area contributed by atoms with Crippen molar-refractivity contribution in [1.29, 1.82) is 0 Å². The van der Waals surface area contributed by atoms with Gasteiger partial charge in [0.15, 0.2) is 16.6 Å². The number of ether oxygens (including phenoxy) is 1. The number of aromatic hydroxyl groups is 1. The first kappa shape index (κ1) is 20.6. The van der Waals surface area contributed by atoms with Crippen molar-refractivity contribution in [3.8, 4) is 11.5 Å². The van der Waals surface area contributed by atoms with E-state index in [0.717, 1.165) is 10.6 Å². The van der Waals surface area contributed by atoms with Crippen LogP contribution in [-0.2, 0) is 9.59 Å². The molecule has 1 aromatic heterocycles. The van der Waals surface area contributed by atoms with Crippen LogP contribution in [0.15, 0.2) is 54.1 Å². The van der Waals surface area contributed by atoms with E-state index in [2.05, 4.69) is 4.98 Å². The van der Waals surface area contributed by atoms with Crippen molar-refractivity contribution in [2.75, 3.05) is 12.0 Å². The van der Waals surface area contributed by atoms with E-state index in [-0.39, 0.29) is 22.8 Å². The second-order valence-corrected chi connectivity index (χ2v) is 8.29. The van der Waals surface area contributed by atoms with Crippen LogP contribution in [-0.4, -0.2) is 34.0 Å². The minimum absolute atomic E-state index is 0.0468. The summed E-state index contributed by atoms with van der Waals surface area (Å²) in [6, 6.07) is 12.2. The smallest absolute Gasteiger partial charge is 0.301 e. The molecule has 0 bridgehead atoms. The van der Waals surface area contributed by atoms with Gasteiger partial charge in [-0.05, 0) is 31.5 Å². The van der Waals surface area contributed by atoms with Gasteiger partial charge in [-0.1, -0.05) is 36.4 Å². The van der Waals surface area contributed by atoms with Crippen LogP contribution in [0.3, 0.4) is 0 Å². The second kappa shape index (κ2) is 7.88. The number of benzene rings is 2. The summed E-state index contributed by atoms with van der Waals surface area (Å²) in [5.41, 5.74) is 1.63. The van der Waals surface area contributed by atoms with Crippen LogP contribution in [0.1, 0.15) is 27.7 Å². The van der Waals surface area contributed by atoms with Crippen molar-refractivity contribution in [3.63, 3.8) is 0 Å². The van der Waals surface area contributed by atoms with E-state index < -0.39 is 17.7 Å². The molecule has 3 aromatic rings. The number of aromatic nitrogens is 1. The van der Waals surface area contributed by atoms with Gasteiger partial charge in [-0.15, -0.1) is 11.3 Å². The van der Waals surface area contributed by atoms with Gasteiger partial charge in [0.05, 0.1) is 24.4 Å². The Balaban J connectivity index is 1.98. The number of hydrogen-bond donors (Lipinski definition) is 2. The molecule has 7 nitrogen and oxygen atoms in total.